The lowest BCUT2D eigenvalue weighted by Gasteiger charge is -2.39. The van der Waals surface area contributed by atoms with Gasteiger partial charge >= 0.3 is 0 Å². The van der Waals surface area contributed by atoms with Crippen LogP contribution in [0.1, 0.15) is 21.6 Å². The van der Waals surface area contributed by atoms with Gasteiger partial charge in [0.15, 0.2) is 11.4 Å². The molecule has 0 saturated carbocycles. The standard InChI is InChI=1S/C23H23ClN6O3/c1-29-6-7-30(12-16(29)13-31)20-5-4-17-19(28-20)11-26-21(22(17)32)23(33)27-10-15-3-2-14(9-25)8-18(15)24/h2-5,8,11,16,31-32H,6-7,10,12-13H2,1H3,(H,27,33)/t16-/m1/s1. The molecule has 4 rings (SSSR count). The van der Waals surface area contributed by atoms with Gasteiger partial charge in [0.1, 0.15) is 5.82 Å². The van der Waals surface area contributed by atoms with Crippen molar-refractivity contribution in [2.24, 2.45) is 0 Å². The second kappa shape index (κ2) is 9.58. The number of nitrogens with one attached hydrogen (secondary N) is 1. The number of halogens is 1. The van der Waals surface area contributed by atoms with Gasteiger partial charge in [-0.1, -0.05) is 17.7 Å². The molecule has 0 spiro atoms. The van der Waals surface area contributed by atoms with Crippen LogP contribution in [0.2, 0.25) is 5.02 Å². The SMILES string of the molecule is CN1CCN(c2ccc3c(O)c(C(=O)NCc4ccc(C#N)cc4Cl)ncc3n2)C[C@@H]1CO. The molecule has 1 saturated heterocycles. The molecule has 9 nitrogen and oxygen atoms in total. The molecule has 3 N–H and O–H groups in total. The van der Waals surface area contributed by atoms with E-state index >= 15 is 0 Å². The number of rotatable bonds is 5. The van der Waals surface area contributed by atoms with Crippen molar-refractivity contribution < 1.29 is 15.0 Å². The number of amides is 1. The van der Waals surface area contributed by atoms with Gasteiger partial charge in [0, 0.05) is 36.6 Å². The molecule has 1 atom stereocenters. The van der Waals surface area contributed by atoms with Crippen molar-refractivity contribution in [1.29, 1.82) is 5.26 Å². The van der Waals surface area contributed by atoms with Crippen LogP contribution in [0, 0.1) is 11.3 Å². The van der Waals surface area contributed by atoms with Crippen LogP contribution in [0.15, 0.2) is 36.5 Å². The number of aliphatic hydroxyl groups is 1. The van der Waals surface area contributed by atoms with Crippen molar-refractivity contribution in [2.75, 3.05) is 38.2 Å². The first kappa shape index (κ1) is 22.7. The van der Waals surface area contributed by atoms with Crippen molar-refractivity contribution in [3.8, 4) is 11.8 Å². The number of pyridine rings is 2. The van der Waals surface area contributed by atoms with Gasteiger partial charge in [-0.3, -0.25) is 9.69 Å². The summed E-state index contributed by atoms with van der Waals surface area (Å²) in [5.74, 6) is -0.0757. The third kappa shape index (κ3) is 4.68. The van der Waals surface area contributed by atoms with Gasteiger partial charge in [0.25, 0.3) is 5.91 Å². The zero-order valence-corrected chi connectivity index (χ0v) is 18.7. The number of anilines is 1. The van der Waals surface area contributed by atoms with Crippen LogP contribution in [0.3, 0.4) is 0 Å². The van der Waals surface area contributed by atoms with Crippen LogP contribution >= 0.6 is 11.6 Å². The monoisotopic (exact) mass is 466 g/mol. The van der Waals surface area contributed by atoms with E-state index in [1.165, 1.54) is 12.3 Å². The number of nitrogens with zero attached hydrogens (tertiary/aromatic N) is 5. The molecule has 1 aromatic carbocycles. The zero-order valence-electron chi connectivity index (χ0n) is 18.0. The first-order chi connectivity index (χ1) is 15.9. The van der Waals surface area contributed by atoms with Crippen LogP contribution in [0.25, 0.3) is 10.9 Å². The molecule has 1 amide bonds. The van der Waals surface area contributed by atoms with Crippen molar-refractivity contribution >= 4 is 34.2 Å². The minimum absolute atomic E-state index is 0.0263. The van der Waals surface area contributed by atoms with E-state index in [4.69, 9.17) is 16.9 Å². The van der Waals surface area contributed by atoms with Crippen LogP contribution in [-0.2, 0) is 6.54 Å². The molecule has 0 unspecified atom stereocenters. The lowest BCUT2D eigenvalue weighted by molar-refractivity contribution is 0.0943. The number of aromatic hydroxyl groups is 1. The van der Waals surface area contributed by atoms with Gasteiger partial charge in [-0.2, -0.15) is 5.26 Å². The highest BCUT2D eigenvalue weighted by molar-refractivity contribution is 6.31. The number of carbonyl (C=O) groups excluding carboxylic acids is 1. The minimum atomic E-state index is -0.552. The number of hydrogen-bond acceptors (Lipinski definition) is 8. The summed E-state index contributed by atoms with van der Waals surface area (Å²) in [6.07, 6.45) is 1.46. The number of carbonyl (C=O) groups is 1. The Balaban J connectivity index is 1.51. The van der Waals surface area contributed by atoms with E-state index < -0.39 is 5.91 Å². The average Bonchev–Trinajstić information content (AvgIpc) is 2.83. The number of likely N-dealkylation sites (N-methyl/N-ethyl adjacent to an activating group) is 1. The number of fused-ring (bicyclic) bond motifs is 1. The third-order valence-corrected chi connectivity index (χ3v) is 6.21. The summed E-state index contributed by atoms with van der Waals surface area (Å²) in [5.41, 5.74) is 1.43. The van der Waals surface area contributed by atoms with Crippen LogP contribution < -0.4 is 10.2 Å². The summed E-state index contributed by atoms with van der Waals surface area (Å²) in [5, 5.41) is 32.7. The molecule has 10 heteroatoms. The molecule has 0 bridgehead atoms. The number of benzene rings is 1. The maximum Gasteiger partial charge on any atom is 0.274 e. The minimum Gasteiger partial charge on any atom is -0.505 e. The van der Waals surface area contributed by atoms with Crippen molar-refractivity contribution in [1.82, 2.24) is 20.2 Å². The summed E-state index contributed by atoms with van der Waals surface area (Å²) < 4.78 is 0. The highest BCUT2D eigenvalue weighted by Gasteiger charge is 2.25. The highest BCUT2D eigenvalue weighted by atomic mass is 35.5. The molecular weight excluding hydrogens is 444 g/mol. The van der Waals surface area contributed by atoms with E-state index in [0.717, 1.165) is 18.9 Å². The van der Waals surface area contributed by atoms with Gasteiger partial charge in [0.2, 0.25) is 0 Å². The van der Waals surface area contributed by atoms with Crippen LogP contribution in [0.4, 0.5) is 5.82 Å². The summed E-state index contributed by atoms with van der Waals surface area (Å²) in [4.78, 5) is 25.6. The molecule has 33 heavy (non-hydrogen) atoms. The first-order valence-electron chi connectivity index (χ1n) is 10.4. The number of hydrogen-bond donors (Lipinski definition) is 3. The molecule has 3 aromatic rings. The fourth-order valence-corrected chi connectivity index (χ4v) is 4.04. The van der Waals surface area contributed by atoms with Gasteiger partial charge in [-0.15, -0.1) is 0 Å². The number of aliphatic hydroxyl groups excluding tert-OH is 1. The predicted octanol–water partition coefficient (Wildman–Crippen LogP) is 1.90. The molecule has 1 fully saturated rings. The summed E-state index contributed by atoms with van der Waals surface area (Å²) >= 11 is 6.16. The smallest absolute Gasteiger partial charge is 0.274 e. The Kier molecular flexibility index (Phi) is 6.60. The quantitative estimate of drug-likeness (QED) is 0.520. The Morgan fingerprint density at radius 1 is 1.33 bits per heavy atom. The summed E-state index contributed by atoms with van der Waals surface area (Å²) in [6.45, 7) is 2.40. The second-order valence-corrected chi connectivity index (χ2v) is 8.33. The van der Waals surface area contributed by atoms with E-state index in [9.17, 15) is 15.0 Å². The number of aromatic nitrogens is 2. The highest BCUT2D eigenvalue weighted by Crippen LogP contribution is 2.29. The summed E-state index contributed by atoms with van der Waals surface area (Å²) in [6, 6.07) is 10.4. The Morgan fingerprint density at radius 2 is 2.15 bits per heavy atom. The third-order valence-electron chi connectivity index (χ3n) is 5.85. The predicted molar refractivity (Wildman–Crippen MR) is 124 cm³/mol. The Morgan fingerprint density at radius 3 is 2.88 bits per heavy atom. The Labute approximate surface area is 195 Å². The molecule has 170 valence electrons. The second-order valence-electron chi connectivity index (χ2n) is 7.92. The molecule has 0 radical (unpaired) electrons. The average molecular weight is 467 g/mol. The van der Waals surface area contributed by atoms with Crippen LogP contribution in [0.5, 0.6) is 5.75 Å². The van der Waals surface area contributed by atoms with Gasteiger partial charge < -0.3 is 20.4 Å². The van der Waals surface area contributed by atoms with E-state index in [-0.39, 0.29) is 30.6 Å². The first-order valence-corrected chi connectivity index (χ1v) is 10.8. The molecule has 2 aromatic heterocycles. The number of nitriles is 1. The molecule has 0 aliphatic carbocycles. The fraction of sp³-hybridized carbons (Fsp3) is 0.304. The molecule has 1 aliphatic rings. The van der Waals surface area contributed by atoms with Crippen molar-refractivity contribution in [3.05, 3.63) is 58.4 Å². The van der Waals surface area contributed by atoms with Crippen LogP contribution in [-0.4, -0.2) is 70.3 Å². The zero-order chi connectivity index (χ0) is 23.5. The van der Waals surface area contributed by atoms with E-state index in [2.05, 4.69) is 25.1 Å². The van der Waals surface area contributed by atoms with E-state index in [0.29, 0.717) is 33.6 Å². The lowest BCUT2D eigenvalue weighted by Crippen LogP contribution is -2.53. The maximum atomic E-state index is 12.6. The van der Waals surface area contributed by atoms with E-state index in [1.54, 1.807) is 24.3 Å². The van der Waals surface area contributed by atoms with Gasteiger partial charge in [-0.25, -0.2) is 9.97 Å². The largest absolute Gasteiger partial charge is 0.505 e. The van der Waals surface area contributed by atoms with E-state index in [1.807, 2.05) is 13.1 Å². The Hall–Kier alpha value is -3.45. The van der Waals surface area contributed by atoms with Gasteiger partial charge in [-0.05, 0) is 36.9 Å². The fourth-order valence-electron chi connectivity index (χ4n) is 3.79. The van der Waals surface area contributed by atoms with Gasteiger partial charge in [0.05, 0.1) is 36.0 Å². The number of piperazine rings is 1. The normalized spacial score (nSPS) is 16.5. The topological polar surface area (TPSA) is 126 Å². The molecule has 3 heterocycles. The van der Waals surface area contributed by atoms with Crippen molar-refractivity contribution in [2.45, 2.75) is 12.6 Å². The molecular formula is C23H23ClN6O3. The Bertz CT molecular complexity index is 1240. The lowest BCUT2D eigenvalue weighted by atomic mass is 10.1. The maximum absolute atomic E-state index is 12.6. The molecule has 1 aliphatic heterocycles. The summed E-state index contributed by atoms with van der Waals surface area (Å²) in [7, 11) is 1.98. The van der Waals surface area contributed by atoms with Crippen molar-refractivity contribution in [3.63, 3.8) is 0 Å².